The van der Waals surface area contributed by atoms with Crippen molar-refractivity contribution in [1.82, 2.24) is 4.90 Å². The van der Waals surface area contributed by atoms with E-state index >= 15 is 0 Å². The van der Waals surface area contributed by atoms with Crippen LogP contribution in [0.4, 0.5) is 5.69 Å². The molecule has 108 valence electrons. The molecule has 0 radical (unpaired) electrons. The summed E-state index contributed by atoms with van der Waals surface area (Å²) >= 11 is 1.77. The first-order valence-electron chi connectivity index (χ1n) is 6.82. The molecule has 0 saturated carbocycles. The smallest absolute Gasteiger partial charge is 0.121 e. The third-order valence-corrected chi connectivity index (χ3v) is 4.05. The summed E-state index contributed by atoms with van der Waals surface area (Å²) in [6.07, 6.45) is 0. The zero-order valence-electron chi connectivity index (χ0n) is 12.3. The van der Waals surface area contributed by atoms with Crippen LogP contribution in [0.3, 0.4) is 0 Å². The number of nitrogens with one attached hydrogen (secondary N) is 1. The second kappa shape index (κ2) is 7.31. The molecule has 0 bridgehead atoms. The van der Waals surface area contributed by atoms with E-state index in [9.17, 15) is 0 Å². The van der Waals surface area contributed by atoms with Crippen molar-refractivity contribution in [2.75, 3.05) is 32.6 Å². The minimum atomic E-state index is 0.312. The normalized spacial score (nSPS) is 12.4. The van der Waals surface area contributed by atoms with Gasteiger partial charge >= 0.3 is 0 Å². The van der Waals surface area contributed by atoms with Crippen molar-refractivity contribution in [3.8, 4) is 5.75 Å². The van der Waals surface area contributed by atoms with Crippen LogP contribution < -0.4 is 10.1 Å². The van der Waals surface area contributed by atoms with Crippen molar-refractivity contribution in [2.45, 2.75) is 13.0 Å². The van der Waals surface area contributed by atoms with Gasteiger partial charge in [-0.1, -0.05) is 12.1 Å². The zero-order chi connectivity index (χ0) is 14.4. The maximum Gasteiger partial charge on any atom is 0.121 e. The van der Waals surface area contributed by atoms with Crippen molar-refractivity contribution in [3.05, 3.63) is 46.7 Å². The van der Waals surface area contributed by atoms with Gasteiger partial charge in [0.15, 0.2) is 0 Å². The SMILES string of the molecule is CC(Nc1cccc(OCCN(C)C)c1)c1cccs1. The summed E-state index contributed by atoms with van der Waals surface area (Å²) in [4.78, 5) is 3.45. The molecule has 1 unspecified atom stereocenters. The van der Waals surface area contributed by atoms with Crippen LogP contribution >= 0.6 is 11.3 Å². The van der Waals surface area contributed by atoms with E-state index in [1.807, 2.05) is 26.2 Å². The van der Waals surface area contributed by atoms with E-state index < -0.39 is 0 Å². The van der Waals surface area contributed by atoms with Crippen LogP contribution in [0.1, 0.15) is 17.8 Å². The number of thiophene rings is 1. The van der Waals surface area contributed by atoms with Crippen LogP contribution in [-0.4, -0.2) is 32.1 Å². The van der Waals surface area contributed by atoms with E-state index in [0.29, 0.717) is 12.6 Å². The topological polar surface area (TPSA) is 24.5 Å². The van der Waals surface area contributed by atoms with Gasteiger partial charge < -0.3 is 15.0 Å². The molecule has 0 aliphatic carbocycles. The van der Waals surface area contributed by atoms with Crippen molar-refractivity contribution in [2.24, 2.45) is 0 Å². The van der Waals surface area contributed by atoms with Gasteiger partial charge in [-0.05, 0) is 44.6 Å². The van der Waals surface area contributed by atoms with E-state index in [2.05, 4.69) is 46.8 Å². The fraction of sp³-hybridized carbons (Fsp3) is 0.375. The highest BCUT2D eigenvalue weighted by Crippen LogP contribution is 2.25. The van der Waals surface area contributed by atoms with Gasteiger partial charge in [-0.25, -0.2) is 0 Å². The fourth-order valence-corrected chi connectivity index (χ4v) is 2.61. The Hall–Kier alpha value is -1.52. The third-order valence-electron chi connectivity index (χ3n) is 2.99. The molecule has 1 heterocycles. The molecule has 1 aromatic carbocycles. The average molecular weight is 290 g/mol. The lowest BCUT2D eigenvalue weighted by atomic mass is 10.2. The van der Waals surface area contributed by atoms with Crippen molar-refractivity contribution >= 4 is 17.0 Å². The van der Waals surface area contributed by atoms with Crippen LogP contribution in [0.5, 0.6) is 5.75 Å². The monoisotopic (exact) mass is 290 g/mol. The van der Waals surface area contributed by atoms with E-state index in [4.69, 9.17) is 4.74 Å². The number of likely N-dealkylation sites (N-methyl/N-ethyl adjacent to an activating group) is 1. The Labute approximate surface area is 125 Å². The van der Waals surface area contributed by atoms with Crippen LogP contribution in [0.25, 0.3) is 0 Å². The highest BCUT2D eigenvalue weighted by Gasteiger charge is 2.06. The lowest BCUT2D eigenvalue weighted by molar-refractivity contribution is 0.261. The van der Waals surface area contributed by atoms with Gasteiger partial charge in [0.05, 0.1) is 6.04 Å². The molecule has 0 aliphatic heterocycles. The molecular formula is C16H22N2OS. The predicted octanol–water partition coefficient (Wildman–Crippen LogP) is 3.86. The summed E-state index contributed by atoms with van der Waals surface area (Å²) < 4.78 is 5.75. The third kappa shape index (κ3) is 4.54. The van der Waals surface area contributed by atoms with Crippen LogP contribution in [0, 0.1) is 0 Å². The molecule has 0 fully saturated rings. The molecule has 4 heteroatoms. The number of nitrogens with zero attached hydrogens (tertiary/aromatic N) is 1. The Balaban J connectivity index is 1.92. The zero-order valence-corrected chi connectivity index (χ0v) is 13.1. The van der Waals surface area contributed by atoms with Crippen LogP contribution in [0.15, 0.2) is 41.8 Å². The summed E-state index contributed by atoms with van der Waals surface area (Å²) in [5, 5.41) is 5.61. The molecule has 1 aromatic heterocycles. The minimum Gasteiger partial charge on any atom is -0.492 e. The summed E-state index contributed by atoms with van der Waals surface area (Å²) in [5.74, 6) is 0.912. The number of anilines is 1. The Morgan fingerprint density at radius 2 is 2.10 bits per heavy atom. The van der Waals surface area contributed by atoms with Gasteiger partial charge in [0.2, 0.25) is 0 Å². The van der Waals surface area contributed by atoms with Crippen LogP contribution in [0.2, 0.25) is 0 Å². The molecule has 0 spiro atoms. The second-order valence-corrected chi connectivity index (χ2v) is 6.04. The highest BCUT2D eigenvalue weighted by molar-refractivity contribution is 7.10. The van der Waals surface area contributed by atoms with Crippen molar-refractivity contribution < 1.29 is 4.74 Å². The fourth-order valence-electron chi connectivity index (χ4n) is 1.88. The Kier molecular flexibility index (Phi) is 5.44. The molecule has 0 amide bonds. The molecule has 2 aromatic rings. The Morgan fingerprint density at radius 3 is 2.80 bits per heavy atom. The van der Waals surface area contributed by atoms with Gasteiger partial charge in [0.1, 0.15) is 12.4 Å². The highest BCUT2D eigenvalue weighted by atomic mass is 32.1. The first-order chi connectivity index (χ1) is 9.65. The van der Waals surface area contributed by atoms with E-state index in [1.165, 1.54) is 4.88 Å². The lowest BCUT2D eigenvalue weighted by Crippen LogP contribution is -2.19. The van der Waals surface area contributed by atoms with E-state index in [0.717, 1.165) is 18.0 Å². The maximum atomic E-state index is 5.75. The summed E-state index contributed by atoms with van der Waals surface area (Å²) in [6.45, 7) is 3.80. The number of hydrogen-bond donors (Lipinski definition) is 1. The minimum absolute atomic E-state index is 0.312. The van der Waals surface area contributed by atoms with Gasteiger partial charge in [-0.15, -0.1) is 11.3 Å². The number of ether oxygens (including phenoxy) is 1. The summed E-state index contributed by atoms with van der Waals surface area (Å²) in [5.41, 5.74) is 1.09. The van der Waals surface area contributed by atoms with Gasteiger partial charge in [-0.2, -0.15) is 0 Å². The average Bonchev–Trinajstić information content (AvgIpc) is 2.92. The second-order valence-electron chi connectivity index (χ2n) is 5.06. The molecule has 0 saturated heterocycles. The predicted molar refractivity (Wildman–Crippen MR) is 86.8 cm³/mol. The Morgan fingerprint density at radius 1 is 1.25 bits per heavy atom. The lowest BCUT2D eigenvalue weighted by Gasteiger charge is -2.15. The summed E-state index contributed by atoms with van der Waals surface area (Å²) in [7, 11) is 4.09. The molecular weight excluding hydrogens is 268 g/mol. The Bertz CT molecular complexity index is 511. The molecule has 1 atom stereocenters. The van der Waals surface area contributed by atoms with Crippen molar-refractivity contribution in [1.29, 1.82) is 0 Å². The molecule has 0 aliphatic rings. The molecule has 20 heavy (non-hydrogen) atoms. The number of benzene rings is 1. The largest absolute Gasteiger partial charge is 0.492 e. The first-order valence-corrected chi connectivity index (χ1v) is 7.70. The molecule has 1 N–H and O–H groups in total. The quantitative estimate of drug-likeness (QED) is 0.838. The number of rotatable bonds is 7. The van der Waals surface area contributed by atoms with Gasteiger partial charge in [0.25, 0.3) is 0 Å². The summed E-state index contributed by atoms with van der Waals surface area (Å²) in [6, 6.07) is 12.7. The van der Waals surface area contributed by atoms with Gasteiger partial charge in [-0.3, -0.25) is 0 Å². The van der Waals surface area contributed by atoms with E-state index in [1.54, 1.807) is 11.3 Å². The van der Waals surface area contributed by atoms with Gasteiger partial charge in [0, 0.05) is 23.2 Å². The van der Waals surface area contributed by atoms with E-state index in [-0.39, 0.29) is 0 Å². The first kappa shape index (κ1) is 14.9. The molecule has 2 rings (SSSR count). The number of hydrogen-bond acceptors (Lipinski definition) is 4. The maximum absolute atomic E-state index is 5.75. The van der Waals surface area contributed by atoms with Crippen molar-refractivity contribution in [3.63, 3.8) is 0 Å². The standard InChI is InChI=1S/C16H22N2OS/c1-13(16-8-5-11-20-16)17-14-6-4-7-15(12-14)19-10-9-18(2)3/h4-8,11-13,17H,9-10H2,1-3H3. The van der Waals surface area contributed by atoms with Crippen LogP contribution in [-0.2, 0) is 0 Å². The molecule has 3 nitrogen and oxygen atoms in total.